The molecule has 2 atom stereocenters. The second-order valence-electron chi connectivity index (χ2n) is 7.25. The number of aliphatic hydroxyl groups excluding tert-OH is 1. The van der Waals surface area contributed by atoms with E-state index in [0.717, 1.165) is 6.07 Å². The number of carbonyl (C=O) groups excluding carboxylic acids is 2. The number of hydrogen-bond donors (Lipinski definition) is 3. The molecule has 7 nitrogen and oxygen atoms in total. The lowest BCUT2D eigenvalue weighted by atomic mass is 9.98. The maximum absolute atomic E-state index is 13.3. The van der Waals surface area contributed by atoms with Crippen LogP contribution in [0.3, 0.4) is 0 Å². The summed E-state index contributed by atoms with van der Waals surface area (Å²) in [6, 6.07) is 8.84. The van der Waals surface area contributed by atoms with E-state index in [0.29, 0.717) is 42.3 Å². The van der Waals surface area contributed by atoms with Crippen LogP contribution in [-0.2, 0) is 9.59 Å². The first kappa shape index (κ1) is 24.1. The minimum absolute atomic E-state index is 0.0187. The van der Waals surface area contributed by atoms with Crippen LogP contribution in [0.2, 0.25) is 10.0 Å². The molecule has 0 saturated carbocycles. The van der Waals surface area contributed by atoms with Crippen molar-refractivity contribution in [3.8, 4) is 11.5 Å². The predicted octanol–water partition coefficient (Wildman–Crippen LogP) is 3.41. The van der Waals surface area contributed by atoms with Crippen molar-refractivity contribution < 1.29 is 28.6 Å². The van der Waals surface area contributed by atoms with Crippen molar-refractivity contribution in [1.29, 1.82) is 0 Å². The highest BCUT2D eigenvalue weighted by atomic mass is 35.5. The Morgan fingerprint density at radius 1 is 1.12 bits per heavy atom. The SMILES string of the molecule is O=C(COc1ccc(Cl)c(F)c1)NCCCCNC(=O)C1CC(O)c2cc(Cl)ccc2O1. The molecule has 0 aliphatic carbocycles. The van der Waals surface area contributed by atoms with Gasteiger partial charge in [-0.15, -0.1) is 0 Å². The number of ether oxygens (including phenoxy) is 2. The Labute approximate surface area is 194 Å². The molecule has 3 N–H and O–H groups in total. The Kier molecular flexibility index (Phi) is 8.55. The summed E-state index contributed by atoms with van der Waals surface area (Å²) in [5.74, 6) is -0.608. The maximum atomic E-state index is 13.3. The lowest BCUT2D eigenvalue weighted by molar-refractivity contribution is -0.130. The Morgan fingerprint density at radius 3 is 2.62 bits per heavy atom. The minimum atomic E-state index is -0.824. The average molecular weight is 485 g/mol. The fourth-order valence-corrected chi connectivity index (χ4v) is 3.45. The fourth-order valence-electron chi connectivity index (χ4n) is 3.15. The molecule has 0 saturated heterocycles. The Bertz CT molecular complexity index is 975. The number of amides is 2. The van der Waals surface area contributed by atoms with Crippen LogP contribution < -0.4 is 20.1 Å². The lowest BCUT2D eigenvalue weighted by Crippen LogP contribution is -2.41. The summed E-state index contributed by atoms with van der Waals surface area (Å²) in [7, 11) is 0. The highest BCUT2D eigenvalue weighted by molar-refractivity contribution is 6.31. The van der Waals surface area contributed by atoms with Crippen LogP contribution in [0.25, 0.3) is 0 Å². The third kappa shape index (κ3) is 6.72. The van der Waals surface area contributed by atoms with Crippen molar-refractivity contribution in [2.45, 2.75) is 31.5 Å². The summed E-state index contributed by atoms with van der Waals surface area (Å²) in [5, 5.41) is 16.2. The Balaban J connectivity index is 1.29. The molecular formula is C22H23Cl2FN2O5. The van der Waals surface area contributed by atoms with Crippen molar-refractivity contribution in [2.75, 3.05) is 19.7 Å². The van der Waals surface area contributed by atoms with Crippen molar-refractivity contribution in [3.05, 3.63) is 57.8 Å². The summed E-state index contributed by atoms with van der Waals surface area (Å²) in [6.45, 7) is 0.560. The first-order chi connectivity index (χ1) is 15.3. The number of benzene rings is 2. The number of hydrogen-bond acceptors (Lipinski definition) is 5. The molecule has 10 heteroatoms. The van der Waals surface area contributed by atoms with Crippen molar-refractivity contribution in [3.63, 3.8) is 0 Å². The summed E-state index contributed by atoms with van der Waals surface area (Å²) in [6.07, 6.45) is -0.191. The number of aliphatic hydroxyl groups is 1. The molecule has 2 aromatic rings. The molecule has 0 bridgehead atoms. The topological polar surface area (TPSA) is 96.9 Å². The standard InChI is InChI=1S/C22H23Cl2FN2O5/c23-13-3-6-19-15(9-13)18(28)11-20(32-19)22(30)27-8-2-1-7-26-21(29)12-31-14-4-5-16(24)17(25)10-14/h3-6,9-10,18,20,28H,1-2,7-8,11-12H2,(H,26,29)(H,27,30). The number of carbonyl (C=O) groups is 2. The number of halogens is 3. The van der Waals surface area contributed by atoms with Crippen molar-refractivity contribution >= 4 is 35.0 Å². The first-order valence-electron chi connectivity index (χ1n) is 10.1. The molecule has 0 fully saturated rings. The smallest absolute Gasteiger partial charge is 0.261 e. The zero-order chi connectivity index (χ0) is 23.1. The van der Waals surface area contributed by atoms with E-state index in [4.69, 9.17) is 32.7 Å². The highest BCUT2D eigenvalue weighted by Crippen LogP contribution is 2.36. The van der Waals surface area contributed by atoms with Gasteiger partial charge in [0.25, 0.3) is 11.8 Å². The van der Waals surface area contributed by atoms with E-state index in [1.54, 1.807) is 18.2 Å². The summed E-state index contributed by atoms with van der Waals surface area (Å²) >= 11 is 11.5. The fraction of sp³-hybridized carbons (Fsp3) is 0.364. The van der Waals surface area contributed by atoms with E-state index < -0.39 is 18.0 Å². The van der Waals surface area contributed by atoms with Gasteiger partial charge in [-0.25, -0.2) is 4.39 Å². The van der Waals surface area contributed by atoms with Crippen LogP contribution in [0.5, 0.6) is 11.5 Å². The summed E-state index contributed by atoms with van der Waals surface area (Å²) < 4.78 is 24.2. The molecule has 0 radical (unpaired) electrons. The van der Waals surface area contributed by atoms with Crippen LogP contribution in [-0.4, -0.2) is 42.7 Å². The van der Waals surface area contributed by atoms with Gasteiger partial charge >= 0.3 is 0 Å². The number of unbranched alkanes of at least 4 members (excludes halogenated alkanes) is 1. The van der Waals surface area contributed by atoms with Gasteiger partial charge in [-0.2, -0.15) is 0 Å². The second-order valence-corrected chi connectivity index (χ2v) is 8.10. The highest BCUT2D eigenvalue weighted by Gasteiger charge is 2.31. The third-order valence-electron chi connectivity index (χ3n) is 4.82. The zero-order valence-corrected chi connectivity index (χ0v) is 18.6. The normalized spacial score (nSPS) is 17.1. The average Bonchev–Trinajstić information content (AvgIpc) is 2.77. The van der Waals surface area contributed by atoms with Crippen LogP contribution in [0.1, 0.15) is 30.9 Å². The summed E-state index contributed by atoms with van der Waals surface area (Å²) in [5.41, 5.74) is 0.572. The maximum Gasteiger partial charge on any atom is 0.261 e. The second kappa shape index (κ2) is 11.4. The Morgan fingerprint density at radius 2 is 1.88 bits per heavy atom. The van der Waals surface area contributed by atoms with Gasteiger partial charge in [0, 0.05) is 36.2 Å². The molecule has 1 aliphatic rings. The minimum Gasteiger partial charge on any atom is -0.484 e. The van der Waals surface area contributed by atoms with Gasteiger partial charge in [-0.05, 0) is 43.2 Å². The third-order valence-corrected chi connectivity index (χ3v) is 5.36. The van der Waals surface area contributed by atoms with E-state index in [2.05, 4.69) is 10.6 Å². The molecule has 1 heterocycles. The van der Waals surface area contributed by atoms with Crippen LogP contribution in [0.4, 0.5) is 4.39 Å². The first-order valence-corrected chi connectivity index (χ1v) is 10.9. The van der Waals surface area contributed by atoms with Gasteiger partial charge in [0.05, 0.1) is 11.1 Å². The molecule has 0 aromatic heterocycles. The number of fused-ring (bicyclic) bond motifs is 1. The van der Waals surface area contributed by atoms with Crippen molar-refractivity contribution in [2.24, 2.45) is 0 Å². The van der Waals surface area contributed by atoms with Crippen molar-refractivity contribution in [1.82, 2.24) is 10.6 Å². The van der Waals surface area contributed by atoms with Gasteiger partial charge in [0.2, 0.25) is 0 Å². The molecule has 2 unspecified atom stereocenters. The van der Waals surface area contributed by atoms with E-state index >= 15 is 0 Å². The largest absolute Gasteiger partial charge is 0.484 e. The van der Waals surface area contributed by atoms with Gasteiger partial charge in [-0.3, -0.25) is 9.59 Å². The van der Waals surface area contributed by atoms with Gasteiger partial charge in [0.1, 0.15) is 17.3 Å². The monoisotopic (exact) mass is 484 g/mol. The van der Waals surface area contributed by atoms with Crippen LogP contribution in [0, 0.1) is 5.82 Å². The van der Waals surface area contributed by atoms with Crippen LogP contribution >= 0.6 is 23.2 Å². The van der Waals surface area contributed by atoms with Gasteiger partial charge in [0.15, 0.2) is 12.7 Å². The molecule has 3 rings (SSSR count). The zero-order valence-electron chi connectivity index (χ0n) is 17.1. The number of rotatable bonds is 9. The van der Waals surface area contributed by atoms with E-state index in [1.807, 2.05) is 0 Å². The predicted molar refractivity (Wildman–Crippen MR) is 118 cm³/mol. The van der Waals surface area contributed by atoms with Gasteiger partial charge in [-0.1, -0.05) is 23.2 Å². The molecular weight excluding hydrogens is 462 g/mol. The van der Waals surface area contributed by atoms with Gasteiger partial charge < -0.3 is 25.2 Å². The quantitative estimate of drug-likeness (QED) is 0.474. The number of nitrogens with one attached hydrogen (secondary N) is 2. The lowest BCUT2D eigenvalue weighted by Gasteiger charge is -2.28. The van der Waals surface area contributed by atoms with E-state index in [9.17, 15) is 19.1 Å². The molecule has 172 valence electrons. The van der Waals surface area contributed by atoms with E-state index in [1.165, 1.54) is 12.1 Å². The Hall–Kier alpha value is -2.55. The molecule has 2 aromatic carbocycles. The molecule has 1 aliphatic heterocycles. The summed E-state index contributed by atoms with van der Waals surface area (Å²) in [4.78, 5) is 24.1. The van der Waals surface area contributed by atoms with E-state index in [-0.39, 0.29) is 35.6 Å². The molecule has 2 amide bonds. The molecule has 0 spiro atoms. The van der Waals surface area contributed by atoms with Crippen LogP contribution in [0.15, 0.2) is 36.4 Å². The molecule has 32 heavy (non-hydrogen) atoms.